The smallest absolute Gasteiger partial charge is 0.316 e. The highest BCUT2D eigenvalue weighted by Crippen LogP contribution is 2.23. The molecule has 1 fully saturated rings. The fraction of sp³-hybridized carbons (Fsp3) is 0.444. The molecule has 1 saturated carbocycles. The first kappa shape index (κ1) is 17.8. The molecular formula is C18H23N3O3S. The largest absolute Gasteiger partial charge is 0.460 e. The number of rotatable bonds is 6. The van der Waals surface area contributed by atoms with Crippen molar-refractivity contribution in [2.45, 2.75) is 50.5 Å². The van der Waals surface area contributed by atoms with E-state index in [1.165, 1.54) is 0 Å². The predicted molar refractivity (Wildman–Crippen MR) is 95.6 cm³/mol. The van der Waals surface area contributed by atoms with Crippen LogP contribution in [0.25, 0.3) is 0 Å². The Kier molecular flexibility index (Phi) is 5.65. The molecule has 134 valence electrons. The SMILES string of the molecule is Cc1cccc(CS(=O)(=O)NC2CCC(Oc3ncccn3)CC2)c1. The van der Waals surface area contributed by atoms with E-state index in [-0.39, 0.29) is 17.9 Å². The molecule has 0 amide bonds. The highest BCUT2D eigenvalue weighted by molar-refractivity contribution is 7.88. The lowest BCUT2D eigenvalue weighted by atomic mass is 9.94. The third-order valence-corrected chi connectivity index (χ3v) is 5.68. The van der Waals surface area contributed by atoms with Crippen molar-refractivity contribution < 1.29 is 13.2 Å². The third kappa shape index (κ3) is 5.51. The van der Waals surface area contributed by atoms with Gasteiger partial charge >= 0.3 is 6.01 Å². The van der Waals surface area contributed by atoms with Crippen LogP contribution in [0.3, 0.4) is 0 Å². The molecule has 1 aromatic heterocycles. The zero-order chi connectivity index (χ0) is 17.7. The highest BCUT2D eigenvalue weighted by Gasteiger charge is 2.26. The molecular weight excluding hydrogens is 338 g/mol. The van der Waals surface area contributed by atoms with Crippen molar-refractivity contribution in [3.63, 3.8) is 0 Å². The number of aryl methyl sites for hydroxylation is 1. The Balaban J connectivity index is 1.49. The number of nitrogens with one attached hydrogen (secondary N) is 1. The Morgan fingerprint density at radius 2 is 1.84 bits per heavy atom. The van der Waals surface area contributed by atoms with Crippen LogP contribution in [-0.4, -0.2) is 30.5 Å². The van der Waals surface area contributed by atoms with Gasteiger partial charge in [0.25, 0.3) is 0 Å². The van der Waals surface area contributed by atoms with Crippen LogP contribution in [0.15, 0.2) is 42.7 Å². The standard InChI is InChI=1S/C18H23N3O3S/c1-14-4-2-5-15(12-14)13-25(22,23)21-16-6-8-17(9-7-16)24-18-19-10-3-11-20-18/h2-5,10-12,16-17,21H,6-9,13H2,1H3. The second-order valence-corrected chi connectivity index (χ2v) is 8.24. The van der Waals surface area contributed by atoms with Crippen LogP contribution in [0.1, 0.15) is 36.8 Å². The first-order valence-corrected chi connectivity index (χ1v) is 10.1. The molecule has 2 aromatic rings. The second-order valence-electron chi connectivity index (χ2n) is 6.49. The predicted octanol–water partition coefficient (Wildman–Crippen LogP) is 2.59. The monoisotopic (exact) mass is 361 g/mol. The molecule has 6 nitrogen and oxygen atoms in total. The van der Waals surface area contributed by atoms with E-state index in [0.29, 0.717) is 6.01 Å². The van der Waals surface area contributed by atoms with Crippen LogP contribution >= 0.6 is 0 Å². The van der Waals surface area contributed by atoms with Crippen molar-refractivity contribution in [2.75, 3.05) is 0 Å². The van der Waals surface area contributed by atoms with E-state index >= 15 is 0 Å². The van der Waals surface area contributed by atoms with Gasteiger partial charge in [-0.2, -0.15) is 0 Å². The molecule has 1 aliphatic carbocycles. The first-order chi connectivity index (χ1) is 12.0. The van der Waals surface area contributed by atoms with Gasteiger partial charge in [-0.3, -0.25) is 0 Å². The molecule has 7 heteroatoms. The maximum atomic E-state index is 12.4. The van der Waals surface area contributed by atoms with E-state index in [4.69, 9.17) is 4.74 Å². The van der Waals surface area contributed by atoms with Crippen molar-refractivity contribution in [2.24, 2.45) is 0 Å². The van der Waals surface area contributed by atoms with E-state index in [1.54, 1.807) is 18.5 Å². The summed E-state index contributed by atoms with van der Waals surface area (Å²) in [6, 6.07) is 9.68. The molecule has 0 unspecified atom stereocenters. The Bertz CT molecular complexity index is 788. The van der Waals surface area contributed by atoms with E-state index in [0.717, 1.165) is 36.8 Å². The van der Waals surface area contributed by atoms with Gasteiger partial charge in [0, 0.05) is 18.4 Å². The summed E-state index contributed by atoms with van der Waals surface area (Å²) < 4.78 is 33.4. The number of hydrogen-bond acceptors (Lipinski definition) is 5. The molecule has 0 radical (unpaired) electrons. The van der Waals surface area contributed by atoms with Gasteiger partial charge in [-0.15, -0.1) is 0 Å². The van der Waals surface area contributed by atoms with Crippen molar-refractivity contribution in [1.29, 1.82) is 0 Å². The number of sulfonamides is 1. The fourth-order valence-corrected chi connectivity index (χ4v) is 4.56. The van der Waals surface area contributed by atoms with E-state index in [9.17, 15) is 8.42 Å². The first-order valence-electron chi connectivity index (χ1n) is 8.49. The number of benzene rings is 1. The molecule has 0 aliphatic heterocycles. The topological polar surface area (TPSA) is 81.2 Å². The number of hydrogen-bond donors (Lipinski definition) is 1. The summed E-state index contributed by atoms with van der Waals surface area (Å²) in [6.07, 6.45) is 6.42. The molecule has 0 saturated heterocycles. The minimum absolute atomic E-state index is 0.0168. The van der Waals surface area contributed by atoms with E-state index < -0.39 is 10.0 Å². The zero-order valence-corrected chi connectivity index (χ0v) is 15.1. The van der Waals surface area contributed by atoms with Crippen LogP contribution in [0.5, 0.6) is 6.01 Å². The summed E-state index contributed by atoms with van der Waals surface area (Å²) in [7, 11) is -3.34. The Morgan fingerprint density at radius 1 is 1.12 bits per heavy atom. The lowest BCUT2D eigenvalue weighted by molar-refractivity contribution is 0.132. The minimum atomic E-state index is -3.34. The summed E-state index contributed by atoms with van der Waals surface area (Å²) >= 11 is 0. The maximum Gasteiger partial charge on any atom is 0.316 e. The van der Waals surface area contributed by atoms with Crippen molar-refractivity contribution in [1.82, 2.24) is 14.7 Å². The van der Waals surface area contributed by atoms with Crippen LogP contribution in [-0.2, 0) is 15.8 Å². The average Bonchev–Trinajstić information content (AvgIpc) is 2.57. The van der Waals surface area contributed by atoms with Crippen molar-refractivity contribution in [3.05, 3.63) is 53.9 Å². The quantitative estimate of drug-likeness (QED) is 0.855. The van der Waals surface area contributed by atoms with Crippen LogP contribution in [0, 0.1) is 6.92 Å². The number of nitrogens with zero attached hydrogens (tertiary/aromatic N) is 2. The molecule has 0 bridgehead atoms. The summed E-state index contributed by atoms with van der Waals surface area (Å²) in [5, 5.41) is 0. The number of aromatic nitrogens is 2. The normalized spacial score (nSPS) is 21.0. The Hall–Kier alpha value is -1.99. The molecule has 25 heavy (non-hydrogen) atoms. The van der Waals surface area contributed by atoms with Gasteiger partial charge in [0.05, 0.1) is 5.75 Å². The van der Waals surface area contributed by atoms with E-state index in [1.807, 2.05) is 31.2 Å². The van der Waals surface area contributed by atoms with Crippen LogP contribution in [0.2, 0.25) is 0 Å². The van der Waals surface area contributed by atoms with Gasteiger partial charge in [-0.05, 0) is 44.2 Å². The molecule has 1 heterocycles. The molecule has 1 aromatic carbocycles. The van der Waals surface area contributed by atoms with Gasteiger partial charge in [0.15, 0.2) is 0 Å². The maximum absolute atomic E-state index is 12.4. The summed E-state index contributed by atoms with van der Waals surface area (Å²) in [5.41, 5.74) is 1.87. The van der Waals surface area contributed by atoms with Gasteiger partial charge in [0.1, 0.15) is 6.10 Å². The lowest BCUT2D eigenvalue weighted by Gasteiger charge is -2.28. The Morgan fingerprint density at radius 3 is 2.52 bits per heavy atom. The summed E-state index contributed by atoms with van der Waals surface area (Å²) in [4.78, 5) is 8.12. The fourth-order valence-electron chi connectivity index (χ4n) is 3.11. The highest BCUT2D eigenvalue weighted by atomic mass is 32.2. The average molecular weight is 361 g/mol. The second kappa shape index (κ2) is 7.93. The van der Waals surface area contributed by atoms with Gasteiger partial charge < -0.3 is 4.74 Å². The summed E-state index contributed by atoms with van der Waals surface area (Å²) in [5.74, 6) is 0.0168. The van der Waals surface area contributed by atoms with Crippen molar-refractivity contribution >= 4 is 10.0 Å². The van der Waals surface area contributed by atoms with Gasteiger partial charge in [-0.25, -0.2) is 23.1 Å². The van der Waals surface area contributed by atoms with Crippen molar-refractivity contribution in [3.8, 4) is 6.01 Å². The molecule has 1 N–H and O–H groups in total. The Labute approximate surface area is 148 Å². The third-order valence-electron chi connectivity index (χ3n) is 4.27. The minimum Gasteiger partial charge on any atom is -0.460 e. The van der Waals surface area contributed by atoms with Crippen LogP contribution in [0.4, 0.5) is 0 Å². The summed E-state index contributed by atoms with van der Waals surface area (Å²) in [6.45, 7) is 1.96. The van der Waals surface area contributed by atoms with Crippen LogP contribution < -0.4 is 9.46 Å². The zero-order valence-electron chi connectivity index (χ0n) is 14.3. The lowest BCUT2D eigenvalue weighted by Crippen LogP contribution is -2.40. The molecule has 1 aliphatic rings. The molecule has 3 rings (SSSR count). The number of ether oxygens (including phenoxy) is 1. The molecule has 0 atom stereocenters. The van der Waals surface area contributed by atoms with Gasteiger partial charge in [-0.1, -0.05) is 29.8 Å². The van der Waals surface area contributed by atoms with Gasteiger partial charge in [0.2, 0.25) is 10.0 Å². The van der Waals surface area contributed by atoms with E-state index in [2.05, 4.69) is 14.7 Å². The molecule has 0 spiro atoms.